The number of rotatable bonds is 9. The van der Waals surface area contributed by atoms with Crippen molar-refractivity contribution in [3.8, 4) is 0 Å². The molecule has 1 unspecified atom stereocenters. The van der Waals surface area contributed by atoms with Crippen LogP contribution in [0.1, 0.15) is 36.6 Å². The van der Waals surface area contributed by atoms with Gasteiger partial charge in [-0.2, -0.15) is 0 Å². The van der Waals surface area contributed by atoms with Crippen LogP contribution in [-0.2, 0) is 16.1 Å². The van der Waals surface area contributed by atoms with E-state index in [0.717, 1.165) is 24.4 Å². The number of carboxylic acid groups (broad SMARTS) is 1. The minimum atomic E-state index is -0.927. The first-order valence-corrected chi connectivity index (χ1v) is 8.55. The highest BCUT2D eigenvalue weighted by Gasteiger charge is 2.19. The van der Waals surface area contributed by atoms with Gasteiger partial charge in [-0.1, -0.05) is 23.7 Å². The zero-order valence-corrected chi connectivity index (χ0v) is 14.9. The molecule has 0 aliphatic carbocycles. The van der Waals surface area contributed by atoms with Crippen LogP contribution in [-0.4, -0.2) is 33.1 Å². The van der Waals surface area contributed by atoms with Gasteiger partial charge in [0.1, 0.15) is 5.82 Å². The number of hydrogen-bond acceptors (Lipinski definition) is 3. The number of hydrogen-bond donors (Lipinski definition) is 2. The predicted octanol–water partition coefficient (Wildman–Crippen LogP) is 3.00. The Balaban J connectivity index is 1.83. The van der Waals surface area contributed by atoms with E-state index in [9.17, 15) is 9.59 Å². The molecule has 134 valence electrons. The average molecular weight is 364 g/mol. The van der Waals surface area contributed by atoms with Crippen LogP contribution in [0.5, 0.6) is 0 Å². The first-order chi connectivity index (χ1) is 12.0. The van der Waals surface area contributed by atoms with Crippen LogP contribution < -0.4 is 5.32 Å². The SMILES string of the molecule is Cc1nccn1CCCNC(=O)CC(CC(=O)O)c1ccc(Cl)cc1. The Morgan fingerprint density at radius 1 is 1.28 bits per heavy atom. The molecule has 0 aliphatic heterocycles. The Kier molecular flexibility index (Phi) is 7.01. The van der Waals surface area contributed by atoms with Crippen molar-refractivity contribution in [1.82, 2.24) is 14.9 Å². The molecule has 7 heteroatoms. The van der Waals surface area contributed by atoms with Crippen molar-refractivity contribution in [2.45, 2.75) is 38.6 Å². The lowest BCUT2D eigenvalue weighted by atomic mass is 9.92. The molecule has 0 aliphatic rings. The van der Waals surface area contributed by atoms with E-state index in [0.29, 0.717) is 11.6 Å². The number of carboxylic acids is 1. The number of nitrogens with one attached hydrogen (secondary N) is 1. The maximum Gasteiger partial charge on any atom is 0.303 e. The molecule has 1 aromatic heterocycles. The number of carbonyl (C=O) groups excluding carboxylic acids is 1. The lowest BCUT2D eigenvalue weighted by Crippen LogP contribution is -2.27. The van der Waals surface area contributed by atoms with Crippen molar-refractivity contribution < 1.29 is 14.7 Å². The quantitative estimate of drug-likeness (QED) is 0.671. The van der Waals surface area contributed by atoms with Gasteiger partial charge in [0.2, 0.25) is 5.91 Å². The summed E-state index contributed by atoms with van der Waals surface area (Å²) in [6.45, 7) is 3.25. The number of aromatic nitrogens is 2. The first-order valence-electron chi connectivity index (χ1n) is 8.17. The van der Waals surface area contributed by atoms with Crippen molar-refractivity contribution in [1.29, 1.82) is 0 Å². The Morgan fingerprint density at radius 2 is 2.00 bits per heavy atom. The molecule has 0 saturated carbocycles. The summed E-state index contributed by atoms with van der Waals surface area (Å²) in [6.07, 6.45) is 4.48. The number of nitrogens with zero attached hydrogens (tertiary/aromatic N) is 2. The van der Waals surface area contributed by atoms with E-state index in [2.05, 4.69) is 10.3 Å². The maximum atomic E-state index is 12.2. The van der Waals surface area contributed by atoms with Gasteiger partial charge in [0.15, 0.2) is 0 Å². The molecule has 25 heavy (non-hydrogen) atoms. The van der Waals surface area contributed by atoms with Gasteiger partial charge in [0.05, 0.1) is 6.42 Å². The molecule has 1 heterocycles. The van der Waals surface area contributed by atoms with Crippen LogP contribution >= 0.6 is 11.6 Å². The number of aliphatic carboxylic acids is 1. The third-order valence-electron chi connectivity index (χ3n) is 4.02. The van der Waals surface area contributed by atoms with E-state index >= 15 is 0 Å². The summed E-state index contributed by atoms with van der Waals surface area (Å²) in [5, 5.41) is 12.5. The topological polar surface area (TPSA) is 84.2 Å². The van der Waals surface area contributed by atoms with Crippen LogP contribution in [0.2, 0.25) is 5.02 Å². The lowest BCUT2D eigenvalue weighted by Gasteiger charge is -2.15. The molecule has 1 aromatic carbocycles. The summed E-state index contributed by atoms with van der Waals surface area (Å²) in [6, 6.07) is 6.95. The summed E-state index contributed by atoms with van der Waals surface area (Å²) in [7, 11) is 0. The molecular weight excluding hydrogens is 342 g/mol. The highest BCUT2D eigenvalue weighted by molar-refractivity contribution is 6.30. The first kappa shape index (κ1) is 19.0. The Hall–Kier alpha value is -2.34. The van der Waals surface area contributed by atoms with Crippen LogP contribution in [0.15, 0.2) is 36.7 Å². The Labute approximate surface area is 151 Å². The molecule has 0 saturated heterocycles. The summed E-state index contributed by atoms with van der Waals surface area (Å²) in [5.41, 5.74) is 0.802. The van der Waals surface area contributed by atoms with E-state index in [1.807, 2.05) is 17.7 Å². The molecule has 2 aromatic rings. The molecule has 6 nitrogen and oxygen atoms in total. The number of halogens is 1. The average Bonchev–Trinajstić information content (AvgIpc) is 2.96. The minimum absolute atomic E-state index is 0.0940. The molecule has 0 fully saturated rings. The van der Waals surface area contributed by atoms with E-state index in [-0.39, 0.29) is 24.7 Å². The number of benzene rings is 1. The van der Waals surface area contributed by atoms with Gasteiger partial charge in [0, 0.05) is 42.8 Å². The van der Waals surface area contributed by atoms with Crippen LogP contribution in [0.4, 0.5) is 0 Å². The van der Waals surface area contributed by atoms with E-state index < -0.39 is 5.97 Å². The third kappa shape index (κ3) is 6.23. The summed E-state index contributed by atoms with van der Waals surface area (Å²) >= 11 is 5.86. The summed E-state index contributed by atoms with van der Waals surface area (Å²) < 4.78 is 2.02. The zero-order valence-electron chi connectivity index (χ0n) is 14.1. The van der Waals surface area contributed by atoms with Crippen molar-refractivity contribution in [2.24, 2.45) is 0 Å². The number of imidazole rings is 1. The second-order valence-corrected chi connectivity index (χ2v) is 6.36. The van der Waals surface area contributed by atoms with Crippen molar-refractivity contribution >= 4 is 23.5 Å². The normalized spacial score (nSPS) is 11.9. The van der Waals surface area contributed by atoms with Crippen LogP contribution in [0, 0.1) is 6.92 Å². The van der Waals surface area contributed by atoms with Gasteiger partial charge in [-0.3, -0.25) is 9.59 Å². The summed E-state index contributed by atoms with van der Waals surface area (Å²) in [5.74, 6) is -0.506. The molecule has 1 amide bonds. The Bertz CT molecular complexity index is 713. The standard InChI is InChI=1S/C18H22ClN3O3/c1-13-20-8-10-22(13)9-2-7-21-17(23)11-15(12-18(24)25)14-3-5-16(19)6-4-14/h3-6,8,10,15H,2,7,9,11-12H2,1H3,(H,21,23)(H,24,25). The molecule has 2 N–H and O–H groups in total. The Morgan fingerprint density at radius 3 is 2.60 bits per heavy atom. The van der Waals surface area contributed by atoms with Gasteiger partial charge in [0.25, 0.3) is 0 Å². The van der Waals surface area contributed by atoms with Gasteiger partial charge < -0.3 is 15.0 Å². The monoisotopic (exact) mass is 363 g/mol. The van der Waals surface area contributed by atoms with E-state index in [1.165, 1.54) is 0 Å². The highest BCUT2D eigenvalue weighted by Crippen LogP contribution is 2.25. The fraction of sp³-hybridized carbons (Fsp3) is 0.389. The maximum absolute atomic E-state index is 12.2. The number of carbonyl (C=O) groups is 2. The van der Waals surface area contributed by atoms with Gasteiger partial charge >= 0.3 is 5.97 Å². The van der Waals surface area contributed by atoms with Gasteiger partial charge in [-0.05, 0) is 31.0 Å². The predicted molar refractivity (Wildman–Crippen MR) is 95.7 cm³/mol. The highest BCUT2D eigenvalue weighted by atomic mass is 35.5. The fourth-order valence-corrected chi connectivity index (χ4v) is 2.79. The molecular formula is C18H22ClN3O3. The zero-order chi connectivity index (χ0) is 18.2. The molecule has 0 radical (unpaired) electrons. The third-order valence-corrected chi connectivity index (χ3v) is 4.27. The summed E-state index contributed by atoms with van der Waals surface area (Å²) in [4.78, 5) is 27.4. The van der Waals surface area contributed by atoms with Crippen LogP contribution in [0.25, 0.3) is 0 Å². The number of amides is 1. The van der Waals surface area contributed by atoms with Gasteiger partial charge in [-0.25, -0.2) is 4.98 Å². The molecule has 2 rings (SSSR count). The second kappa shape index (κ2) is 9.22. The number of aryl methyl sites for hydroxylation is 2. The van der Waals surface area contributed by atoms with Crippen molar-refractivity contribution in [2.75, 3.05) is 6.54 Å². The van der Waals surface area contributed by atoms with E-state index in [4.69, 9.17) is 16.7 Å². The van der Waals surface area contributed by atoms with Crippen LogP contribution in [0.3, 0.4) is 0 Å². The minimum Gasteiger partial charge on any atom is -0.481 e. The van der Waals surface area contributed by atoms with E-state index in [1.54, 1.807) is 30.5 Å². The van der Waals surface area contributed by atoms with Crippen molar-refractivity contribution in [3.05, 3.63) is 53.1 Å². The van der Waals surface area contributed by atoms with Gasteiger partial charge in [-0.15, -0.1) is 0 Å². The smallest absolute Gasteiger partial charge is 0.303 e. The largest absolute Gasteiger partial charge is 0.481 e. The van der Waals surface area contributed by atoms with Crippen molar-refractivity contribution in [3.63, 3.8) is 0 Å². The fourth-order valence-electron chi connectivity index (χ4n) is 2.67. The molecule has 0 spiro atoms. The lowest BCUT2D eigenvalue weighted by molar-refractivity contribution is -0.137. The molecule has 1 atom stereocenters. The molecule has 0 bridgehead atoms. The second-order valence-electron chi connectivity index (χ2n) is 5.92.